The van der Waals surface area contributed by atoms with E-state index in [1.165, 1.54) is 19.6 Å². The molecule has 0 bridgehead atoms. The first kappa shape index (κ1) is 22.8. The Hall–Kier alpha value is -0.820. The fourth-order valence-corrected chi connectivity index (χ4v) is 0.671. The summed E-state index contributed by atoms with van der Waals surface area (Å²) in [5, 5.41) is 0. The smallest absolute Gasteiger partial charge is 0.00474 e. The minimum atomic E-state index is 1.19. The molecule has 13 heavy (non-hydrogen) atoms. The van der Waals surface area contributed by atoms with Gasteiger partial charge in [0.05, 0.1) is 0 Å². The predicted molar refractivity (Wildman–Crippen MR) is 67.2 cm³/mol. The molecule has 0 radical (unpaired) electrons. The van der Waals surface area contributed by atoms with Gasteiger partial charge >= 0.3 is 0 Å². The van der Waals surface area contributed by atoms with Gasteiger partial charge in [-0.15, -0.1) is 39.5 Å². The largest absolute Gasteiger partial charge is 0.304 e. The third-order valence-electron chi connectivity index (χ3n) is 1.34. The fourth-order valence-electron chi connectivity index (χ4n) is 0.671. The second kappa shape index (κ2) is 43.2. The van der Waals surface area contributed by atoms with E-state index in [4.69, 9.17) is 0 Å². The van der Waals surface area contributed by atoms with E-state index in [0.29, 0.717) is 0 Å². The van der Waals surface area contributed by atoms with E-state index in [0.717, 1.165) is 0 Å². The fraction of sp³-hybridized carbons (Fsp3) is 0.500. The van der Waals surface area contributed by atoms with Crippen LogP contribution in [-0.2, 0) is 0 Å². The topological polar surface area (TPSA) is 3.24 Å². The molecule has 0 N–H and O–H groups in total. The lowest BCUT2D eigenvalue weighted by molar-refractivity contribution is 0.321. The SMILES string of the molecule is C=C.C=C.C=C.CCN(CC)CC. The van der Waals surface area contributed by atoms with Gasteiger partial charge in [-0.3, -0.25) is 0 Å². The molecule has 0 spiro atoms. The average Bonchev–Trinajstić information content (AvgIpc) is 2.29. The third-order valence-corrected chi connectivity index (χ3v) is 1.34. The van der Waals surface area contributed by atoms with Crippen LogP contribution in [0.25, 0.3) is 0 Å². The molecule has 1 heteroatoms. The van der Waals surface area contributed by atoms with Gasteiger partial charge in [0.2, 0.25) is 0 Å². The van der Waals surface area contributed by atoms with Gasteiger partial charge in [-0.25, -0.2) is 0 Å². The van der Waals surface area contributed by atoms with Crippen LogP contribution >= 0.6 is 0 Å². The van der Waals surface area contributed by atoms with Gasteiger partial charge in [0.1, 0.15) is 0 Å². The van der Waals surface area contributed by atoms with E-state index in [9.17, 15) is 0 Å². The van der Waals surface area contributed by atoms with Gasteiger partial charge in [0.15, 0.2) is 0 Å². The van der Waals surface area contributed by atoms with E-state index in [1.807, 2.05) is 0 Å². The minimum Gasteiger partial charge on any atom is -0.304 e. The highest BCUT2D eigenvalue weighted by Crippen LogP contribution is 1.81. The Morgan fingerprint density at radius 1 is 0.615 bits per heavy atom. The Labute approximate surface area is 85.5 Å². The molecule has 0 amide bonds. The van der Waals surface area contributed by atoms with Crippen molar-refractivity contribution >= 4 is 0 Å². The number of hydrogen-bond acceptors (Lipinski definition) is 1. The Morgan fingerprint density at radius 2 is 0.769 bits per heavy atom. The van der Waals surface area contributed by atoms with Crippen LogP contribution in [0, 0.1) is 0 Å². The number of hydrogen-bond donors (Lipinski definition) is 0. The second-order valence-electron chi connectivity index (χ2n) is 1.62. The van der Waals surface area contributed by atoms with Gasteiger partial charge in [-0.2, -0.15) is 0 Å². The summed E-state index contributed by atoms with van der Waals surface area (Å²) < 4.78 is 0. The molecular weight excluding hydrogens is 158 g/mol. The molecule has 80 valence electrons. The van der Waals surface area contributed by atoms with E-state index in [2.05, 4.69) is 65.1 Å². The van der Waals surface area contributed by atoms with Crippen molar-refractivity contribution in [1.82, 2.24) is 4.90 Å². The van der Waals surface area contributed by atoms with Crippen molar-refractivity contribution in [2.24, 2.45) is 0 Å². The molecule has 0 rings (SSSR count). The van der Waals surface area contributed by atoms with Crippen LogP contribution in [0.2, 0.25) is 0 Å². The van der Waals surface area contributed by atoms with Gasteiger partial charge in [0, 0.05) is 0 Å². The summed E-state index contributed by atoms with van der Waals surface area (Å²) in [4.78, 5) is 2.38. The molecule has 0 aromatic carbocycles. The lowest BCUT2D eigenvalue weighted by Gasteiger charge is -2.13. The first-order valence-corrected chi connectivity index (χ1v) is 4.57. The first-order chi connectivity index (χ1) is 6.35. The zero-order valence-corrected chi connectivity index (χ0v) is 9.81. The molecule has 0 aromatic rings. The molecule has 0 aliphatic heterocycles. The van der Waals surface area contributed by atoms with Gasteiger partial charge in [-0.05, 0) is 19.6 Å². The molecule has 0 saturated carbocycles. The van der Waals surface area contributed by atoms with Crippen molar-refractivity contribution in [3.63, 3.8) is 0 Å². The summed E-state index contributed by atoms with van der Waals surface area (Å²) in [7, 11) is 0. The van der Waals surface area contributed by atoms with Crippen molar-refractivity contribution in [1.29, 1.82) is 0 Å². The molecule has 0 atom stereocenters. The Kier molecular flexibility index (Phi) is 75.6. The summed E-state index contributed by atoms with van der Waals surface area (Å²) in [6, 6.07) is 0. The molecular formula is C12H27N. The zero-order valence-electron chi connectivity index (χ0n) is 9.81. The maximum Gasteiger partial charge on any atom is -0.00474 e. The molecule has 0 saturated heterocycles. The first-order valence-electron chi connectivity index (χ1n) is 4.57. The molecule has 0 fully saturated rings. The highest BCUT2D eigenvalue weighted by molar-refractivity contribution is 4.43. The summed E-state index contributed by atoms with van der Waals surface area (Å²) >= 11 is 0. The normalized spacial score (nSPS) is 6.46. The highest BCUT2D eigenvalue weighted by atomic mass is 15.1. The van der Waals surface area contributed by atoms with Crippen LogP contribution < -0.4 is 0 Å². The Bertz CT molecular complexity index is 47.9. The Balaban J connectivity index is -0.0000000573. The van der Waals surface area contributed by atoms with E-state index < -0.39 is 0 Å². The maximum atomic E-state index is 3.00. The van der Waals surface area contributed by atoms with Crippen LogP contribution in [0.5, 0.6) is 0 Å². The molecule has 0 unspecified atom stereocenters. The summed E-state index contributed by atoms with van der Waals surface area (Å²) in [6.45, 7) is 28.1. The lowest BCUT2D eigenvalue weighted by atomic mass is 10.5. The summed E-state index contributed by atoms with van der Waals surface area (Å²) in [5.74, 6) is 0. The third kappa shape index (κ3) is 35.1. The highest BCUT2D eigenvalue weighted by Gasteiger charge is 1.89. The Morgan fingerprint density at radius 3 is 0.769 bits per heavy atom. The summed E-state index contributed by atoms with van der Waals surface area (Å²) in [5.41, 5.74) is 0. The van der Waals surface area contributed by atoms with Crippen molar-refractivity contribution < 1.29 is 0 Å². The van der Waals surface area contributed by atoms with E-state index in [-0.39, 0.29) is 0 Å². The van der Waals surface area contributed by atoms with Gasteiger partial charge < -0.3 is 4.90 Å². The monoisotopic (exact) mass is 185 g/mol. The van der Waals surface area contributed by atoms with Crippen molar-refractivity contribution in [2.75, 3.05) is 19.6 Å². The number of nitrogens with zero attached hydrogens (tertiary/aromatic N) is 1. The maximum absolute atomic E-state index is 3.00. The zero-order chi connectivity index (χ0) is 11.7. The van der Waals surface area contributed by atoms with E-state index >= 15 is 0 Å². The van der Waals surface area contributed by atoms with Gasteiger partial charge in [-0.1, -0.05) is 20.8 Å². The van der Waals surface area contributed by atoms with Crippen molar-refractivity contribution in [3.8, 4) is 0 Å². The molecule has 0 heterocycles. The van der Waals surface area contributed by atoms with Crippen LogP contribution in [0.3, 0.4) is 0 Å². The number of rotatable bonds is 3. The van der Waals surface area contributed by atoms with Crippen LogP contribution in [-0.4, -0.2) is 24.5 Å². The molecule has 0 aromatic heterocycles. The van der Waals surface area contributed by atoms with Crippen LogP contribution in [0.1, 0.15) is 20.8 Å². The molecule has 1 nitrogen and oxygen atoms in total. The van der Waals surface area contributed by atoms with E-state index in [1.54, 1.807) is 0 Å². The quantitative estimate of drug-likeness (QED) is 0.605. The van der Waals surface area contributed by atoms with Crippen LogP contribution in [0.15, 0.2) is 39.5 Å². The molecule has 0 aliphatic rings. The standard InChI is InChI=1S/C6H15N.3C2H4/c1-4-7(5-2)6-3;3*1-2/h4-6H2,1-3H3;3*1-2H2. The predicted octanol–water partition coefficient (Wildman–Crippen LogP) is 3.75. The van der Waals surface area contributed by atoms with Crippen molar-refractivity contribution in [2.45, 2.75) is 20.8 Å². The van der Waals surface area contributed by atoms with Gasteiger partial charge in [0.25, 0.3) is 0 Å². The molecule has 0 aliphatic carbocycles. The lowest BCUT2D eigenvalue weighted by Crippen LogP contribution is -2.21. The second-order valence-corrected chi connectivity index (χ2v) is 1.62. The van der Waals surface area contributed by atoms with Crippen LogP contribution in [0.4, 0.5) is 0 Å². The summed E-state index contributed by atoms with van der Waals surface area (Å²) in [6.07, 6.45) is 0. The average molecular weight is 185 g/mol. The van der Waals surface area contributed by atoms with Crippen molar-refractivity contribution in [3.05, 3.63) is 39.5 Å². The minimum absolute atomic E-state index is 1.19.